The second kappa shape index (κ2) is 6.95. The lowest BCUT2D eigenvalue weighted by Crippen LogP contribution is -2.22. The lowest BCUT2D eigenvalue weighted by molar-refractivity contribution is -0.164. The Morgan fingerprint density at radius 1 is 1.30 bits per heavy atom. The average molecular weight is 150 g/mol. The van der Waals surface area contributed by atoms with E-state index in [4.69, 9.17) is 19.7 Å². The van der Waals surface area contributed by atoms with Gasteiger partial charge in [-0.3, -0.25) is 0 Å². The third kappa shape index (κ3) is 4.69. The van der Waals surface area contributed by atoms with Gasteiger partial charge in [-0.2, -0.15) is 0 Å². The Morgan fingerprint density at radius 2 is 2.00 bits per heavy atom. The van der Waals surface area contributed by atoms with Crippen molar-refractivity contribution in [2.45, 2.75) is 13.2 Å². The molecule has 0 heterocycles. The Bertz CT molecular complexity index is 66.8. The van der Waals surface area contributed by atoms with Crippen LogP contribution in [0.15, 0.2) is 0 Å². The van der Waals surface area contributed by atoms with Crippen LogP contribution in [-0.2, 0) is 9.47 Å². The van der Waals surface area contributed by atoms with Gasteiger partial charge in [0, 0.05) is 6.61 Å². The van der Waals surface area contributed by atoms with Crippen molar-refractivity contribution in [1.29, 1.82) is 0 Å². The maximum absolute atomic E-state index is 8.55. The molecule has 0 amide bonds. The molecule has 0 spiro atoms. The highest BCUT2D eigenvalue weighted by Gasteiger charge is 2.04. The van der Waals surface area contributed by atoms with Gasteiger partial charge in [0.25, 0.3) is 0 Å². The van der Waals surface area contributed by atoms with E-state index in [2.05, 4.69) is 0 Å². The average Bonchev–Trinajstić information content (AvgIpc) is 1.98. The Labute approximate surface area is 60.4 Å². The molecule has 1 atom stereocenters. The van der Waals surface area contributed by atoms with Crippen LogP contribution in [0.5, 0.6) is 0 Å². The molecule has 4 heteroatoms. The zero-order valence-electron chi connectivity index (χ0n) is 6.12. The SMILES string of the molecule is CCO[C@H](CO)OCCO. The van der Waals surface area contributed by atoms with E-state index in [9.17, 15) is 0 Å². The van der Waals surface area contributed by atoms with Gasteiger partial charge >= 0.3 is 0 Å². The van der Waals surface area contributed by atoms with Gasteiger partial charge in [0.2, 0.25) is 0 Å². The van der Waals surface area contributed by atoms with Crippen LogP contribution < -0.4 is 0 Å². The minimum Gasteiger partial charge on any atom is -0.394 e. The van der Waals surface area contributed by atoms with E-state index >= 15 is 0 Å². The zero-order chi connectivity index (χ0) is 7.82. The van der Waals surface area contributed by atoms with E-state index < -0.39 is 6.29 Å². The van der Waals surface area contributed by atoms with Gasteiger partial charge in [0.1, 0.15) is 0 Å². The van der Waals surface area contributed by atoms with Crippen LogP contribution in [0.25, 0.3) is 0 Å². The predicted octanol–water partition coefficient (Wildman–Crippen LogP) is -0.650. The second-order valence-corrected chi connectivity index (χ2v) is 1.66. The van der Waals surface area contributed by atoms with Gasteiger partial charge in [-0.25, -0.2) is 0 Å². The Balaban J connectivity index is 3.21. The van der Waals surface area contributed by atoms with Crippen molar-refractivity contribution in [3.05, 3.63) is 0 Å². The molecular formula is C6H14O4. The molecular weight excluding hydrogens is 136 g/mol. The summed E-state index contributed by atoms with van der Waals surface area (Å²) in [6.07, 6.45) is -0.586. The molecule has 0 aromatic heterocycles. The Hall–Kier alpha value is -0.160. The third-order valence-electron chi connectivity index (χ3n) is 0.897. The van der Waals surface area contributed by atoms with E-state index in [0.717, 1.165) is 0 Å². The molecule has 0 saturated carbocycles. The minimum atomic E-state index is -0.586. The summed E-state index contributed by atoms with van der Waals surface area (Å²) in [5.74, 6) is 0. The monoisotopic (exact) mass is 150 g/mol. The van der Waals surface area contributed by atoms with Crippen molar-refractivity contribution in [1.82, 2.24) is 0 Å². The number of hydrogen-bond donors (Lipinski definition) is 2. The number of rotatable bonds is 6. The molecule has 10 heavy (non-hydrogen) atoms. The first-order chi connectivity index (χ1) is 4.85. The predicted molar refractivity (Wildman–Crippen MR) is 35.5 cm³/mol. The molecule has 0 aliphatic carbocycles. The van der Waals surface area contributed by atoms with Crippen molar-refractivity contribution < 1.29 is 19.7 Å². The first kappa shape index (κ1) is 9.84. The van der Waals surface area contributed by atoms with Crippen molar-refractivity contribution in [2.75, 3.05) is 26.4 Å². The van der Waals surface area contributed by atoms with Crippen LogP contribution in [0.3, 0.4) is 0 Å². The van der Waals surface area contributed by atoms with Gasteiger partial charge in [0.05, 0.1) is 19.8 Å². The lowest BCUT2D eigenvalue weighted by Gasteiger charge is -2.13. The van der Waals surface area contributed by atoms with Gasteiger partial charge in [-0.15, -0.1) is 0 Å². The zero-order valence-corrected chi connectivity index (χ0v) is 6.12. The molecule has 4 nitrogen and oxygen atoms in total. The first-order valence-corrected chi connectivity index (χ1v) is 3.30. The number of hydrogen-bond acceptors (Lipinski definition) is 4. The highest BCUT2D eigenvalue weighted by Crippen LogP contribution is 1.91. The molecule has 0 rings (SSSR count). The molecule has 0 radical (unpaired) electrons. The van der Waals surface area contributed by atoms with Gasteiger partial charge < -0.3 is 19.7 Å². The fourth-order valence-corrected chi connectivity index (χ4v) is 0.524. The van der Waals surface area contributed by atoms with Crippen molar-refractivity contribution >= 4 is 0 Å². The van der Waals surface area contributed by atoms with Crippen molar-refractivity contribution in [3.8, 4) is 0 Å². The maximum atomic E-state index is 8.55. The quantitative estimate of drug-likeness (QED) is 0.494. The lowest BCUT2D eigenvalue weighted by atomic mass is 10.6. The highest BCUT2D eigenvalue weighted by molar-refractivity contribution is 4.38. The van der Waals surface area contributed by atoms with E-state index in [0.29, 0.717) is 6.61 Å². The topological polar surface area (TPSA) is 58.9 Å². The molecule has 0 fully saturated rings. The first-order valence-electron chi connectivity index (χ1n) is 3.30. The van der Waals surface area contributed by atoms with Crippen LogP contribution in [-0.4, -0.2) is 42.9 Å². The second-order valence-electron chi connectivity index (χ2n) is 1.66. The summed E-state index contributed by atoms with van der Waals surface area (Å²) in [5, 5.41) is 16.9. The van der Waals surface area contributed by atoms with Gasteiger partial charge in [-0.1, -0.05) is 0 Å². The minimum absolute atomic E-state index is 0.0520. The molecule has 0 aromatic carbocycles. The van der Waals surface area contributed by atoms with E-state index in [-0.39, 0.29) is 19.8 Å². The molecule has 0 aliphatic rings. The number of ether oxygens (including phenoxy) is 2. The van der Waals surface area contributed by atoms with Crippen LogP contribution in [0.2, 0.25) is 0 Å². The van der Waals surface area contributed by atoms with E-state index in [1.54, 1.807) is 0 Å². The summed E-state index contributed by atoms with van der Waals surface area (Å²) in [6, 6.07) is 0. The van der Waals surface area contributed by atoms with E-state index in [1.807, 2.05) is 6.92 Å². The van der Waals surface area contributed by atoms with Crippen molar-refractivity contribution in [2.24, 2.45) is 0 Å². The Morgan fingerprint density at radius 3 is 2.40 bits per heavy atom. The molecule has 0 unspecified atom stereocenters. The molecule has 62 valence electrons. The molecule has 0 saturated heterocycles. The van der Waals surface area contributed by atoms with Crippen LogP contribution in [0.4, 0.5) is 0 Å². The summed E-state index contributed by atoms with van der Waals surface area (Å²) in [6.45, 7) is 2.28. The Kier molecular flexibility index (Phi) is 6.84. The molecule has 0 bridgehead atoms. The number of aliphatic hydroxyl groups excluding tert-OH is 2. The summed E-state index contributed by atoms with van der Waals surface area (Å²) in [5.41, 5.74) is 0. The highest BCUT2D eigenvalue weighted by atomic mass is 16.7. The standard InChI is InChI=1S/C6H14O4/c1-2-9-6(5-8)10-4-3-7/h6-8H,2-5H2,1H3/t6-/m0/s1. The molecule has 0 aliphatic heterocycles. The smallest absolute Gasteiger partial charge is 0.180 e. The molecule has 2 N–H and O–H groups in total. The summed E-state index contributed by atoms with van der Waals surface area (Å²) < 4.78 is 9.77. The molecule has 0 aromatic rings. The maximum Gasteiger partial charge on any atom is 0.180 e. The van der Waals surface area contributed by atoms with Gasteiger partial charge in [-0.05, 0) is 6.92 Å². The third-order valence-corrected chi connectivity index (χ3v) is 0.897. The fourth-order valence-electron chi connectivity index (χ4n) is 0.524. The van der Waals surface area contributed by atoms with Crippen LogP contribution in [0.1, 0.15) is 6.92 Å². The normalized spacial score (nSPS) is 13.5. The van der Waals surface area contributed by atoms with E-state index in [1.165, 1.54) is 0 Å². The largest absolute Gasteiger partial charge is 0.394 e. The summed E-state index contributed by atoms with van der Waals surface area (Å²) >= 11 is 0. The fraction of sp³-hybridized carbons (Fsp3) is 1.00. The van der Waals surface area contributed by atoms with Gasteiger partial charge in [0.15, 0.2) is 6.29 Å². The van der Waals surface area contributed by atoms with Crippen LogP contribution in [0, 0.1) is 0 Å². The summed E-state index contributed by atoms with van der Waals surface area (Å²) in [7, 11) is 0. The summed E-state index contributed by atoms with van der Waals surface area (Å²) in [4.78, 5) is 0. The van der Waals surface area contributed by atoms with Crippen molar-refractivity contribution in [3.63, 3.8) is 0 Å². The number of aliphatic hydroxyl groups is 2. The van der Waals surface area contributed by atoms with Crippen LogP contribution >= 0.6 is 0 Å².